The van der Waals surface area contributed by atoms with Gasteiger partial charge in [0.15, 0.2) is 5.90 Å². The molecule has 2 unspecified atom stereocenters. The summed E-state index contributed by atoms with van der Waals surface area (Å²) in [5, 5.41) is 4.10. The topological polar surface area (TPSA) is 33.6 Å². The van der Waals surface area contributed by atoms with Gasteiger partial charge in [-0.05, 0) is 24.6 Å². The molecular weight excluding hydrogens is 236 g/mol. The van der Waals surface area contributed by atoms with E-state index < -0.39 is 0 Å². The lowest BCUT2D eigenvalue weighted by atomic mass is 10.1. The van der Waals surface area contributed by atoms with Gasteiger partial charge in [0.05, 0.1) is 0 Å². The molecule has 0 saturated carbocycles. The Kier molecular flexibility index (Phi) is 3.04. The fourth-order valence-corrected chi connectivity index (χ4v) is 2.65. The molecule has 90 valence electrons. The van der Waals surface area contributed by atoms with E-state index in [-0.39, 0.29) is 6.04 Å². The number of aliphatic imine (C=N–C) groups is 1. The highest BCUT2D eigenvalue weighted by atomic mass is 35.5. The molecule has 0 spiro atoms. The van der Waals surface area contributed by atoms with Crippen molar-refractivity contribution in [3.05, 3.63) is 34.9 Å². The van der Waals surface area contributed by atoms with Crippen molar-refractivity contribution in [1.82, 2.24) is 5.32 Å². The minimum Gasteiger partial charge on any atom is -0.478 e. The normalized spacial score (nSPS) is 27.9. The highest BCUT2D eigenvalue weighted by molar-refractivity contribution is 6.31. The lowest BCUT2D eigenvalue weighted by molar-refractivity contribution is 0.301. The molecule has 3 rings (SSSR count). The Morgan fingerprint density at radius 3 is 3.00 bits per heavy atom. The van der Waals surface area contributed by atoms with Crippen LogP contribution < -0.4 is 5.32 Å². The summed E-state index contributed by atoms with van der Waals surface area (Å²) in [4.78, 5) is 4.67. The first-order valence-corrected chi connectivity index (χ1v) is 6.38. The van der Waals surface area contributed by atoms with Crippen molar-refractivity contribution >= 4 is 17.5 Å². The second-order valence-electron chi connectivity index (χ2n) is 4.51. The number of rotatable bonds is 2. The summed E-state index contributed by atoms with van der Waals surface area (Å²) in [6.45, 7) is 2.66. The molecule has 1 fully saturated rings. The molecule has 2 heterocycles. The molecule has 4 heteroatoms. The predicted molar refractivity (Wildman–Crippen MR) is 68.6 cm³/mol. The molecule has 0 radical (unpaired) electrons. The Morgan fingerprint density at radius 1 is 1.35 bits per heavy atom. The largest absolute Gasteiger partial charge is 0.478 e. The highest BCUT2D eigenvalue weighted by Crippen LogP contribution is 2.30. The number of nitrogens with zero attached hydrogens (tertiary/aromatic N) is 1. The third-order valence-corrected chi connectivity index (χ3v) is 3.69. The van der Waals surface area contributed by atoms with Crippen LogP contribution in [0.1, 0.15) is 18.0 Å². The van der Waals surface area contributed by atoms with E-state index in [4.69, 9.17) is 16.3 Å². The molecule has 1 N–H and O–H groups in total. The Bertz CT molecular complexity index is 441. The van der Waals surface area contributed by atoms with E-state index in [1.54, 1.807) is 0 Å². The van der Waals surface area contributed by atoms with Gasteiger partial charge >= 0.3 is 0 Å². The molecule has 0 amide bonds. The lowest BCUT2D eigenvalue weighted by Gasteiger charge is -2.06. The van der Waals surface area contributed by atoms with Crippen LogP contribution in [0, 0.1) is 5.92 Å². The summed E-state index contributed by atoms with van der Waals surface area (Å²) in [7, 11) is 0. The Labute approximate surface area is 106 Å². The number of benzene rings is 1. The molecular formula is C13H15ClN2O. The second-order valence-corrected chi connectivity index (χ2v) is 4.91. The molecule has 3 nitrogen and oxygen atoms in total. The maximum absolute atomic E-state index is 6.17. The Morgan fingerprint density at radius 2 is 2.24 bits per heavy atom. The quantitative estimate of drug-likeness (QED) is 0.875. The first kappa shape index (κ1) is 11.1. The molecule has 1 aromatic carbocycles. The standard InChI is InChI=1S/C13H15ClN2O/c14-11-4-2-1-3-10(11)12-8-17-13(16-12)9-5-6-15-7-9/h1-4,9,12,15H,5-8H2. The van der Waals surface area contributed by atoms with Gasteiger partial charge in [0.1, 0.15) is 12.6 Å². The van der Waals surface area contributed by atoms with Crippen LogP contribution in [-0.4, -0.2) is 25.6 Å². The molecule has 17 heavy (non-hydrogen) atoms. The third-order valence-electron chi connectivity index (χ3n) is 3.35. The van der Waals surface area contributed by atoms with Gasteiger partial charge in [-0.25, -0.2) is 4.99 Å². The average molecular weight is 251 g/mol. The monoisotopic (exact) mass is 250 g/mol. The minimum atomic E-state index is 0.0688. The van der Waals surface area contributed by atoms with Crippen molar-refractivity contribution in [3.63, 3.8) is 0 Å². The summed E-state index contributed by atoms with van der Waals surface area (Å²) >= 11 is 6.17. The number of ether oxygens (including phenoxy) is 1. The number of hydrogen-bond donors (Lipinski definition) is 1. The van der Waals surface area contributed by atoms with Gasteiger partial charge in [-0.3, -0.25) is 0 Å². The van der Waals surface area contributed by atoms with Gasteiger partial charge < -0.3 is 10.1 Å². The zero-order valence-electron chi connectivity index (χ0n) is 9.53. The van der Waals surface area contributed by atoms with Crippen molar-refractivity contribution < 1.29 is 4.74 Å². The summed E-state index contributed by atoms with van der Waals surface area (Å²) in [6, 6.07) is 7.93. The van der Waals surface area contributed by atoms with Crippen molar-refractivity contribution in [2.45, 2.75) is 12.5 Å². The predicted octanol–water partition coefficient (Wildman–Crippen LogP) is 2.42. The van der Waals surface area contributed by atoms with Crippen molar-refractivity contribution in [2.24, 2.45) is 10.9 Å². The van der Waals surface area contributed by atoms with Gasteiger partial charge in [0.25, 0.3) is 0 Å². The van der Waals surface area contributed by atoms with Crippen LogP contribution in [0.15, 0.2) is 29.3 Å². The van der Waals surface area contributed by atoms with Gasteiger partial charge in [-0.2, -0.15) is 0 Å². The van der Waals surface area contributed by atoms with E-state index in [0.717, 1.165) is 36.0 Å². The maximum atomic E-state index is 6.17. The van der Waals surface area contributed by atoms with Crippen LogP contribution in [0.2, 0.25) is 5.02 Å². The first-order chi connectivity index (χ1) is 8.34. The van der Waals surface area contributed by atoms with Gasteiger partial charge in [0, 0.05) is 17.5 Å². The van der Waals surface area contributed by atoms with E-state index in [1.165, 1.54) is 0 Å². The fraction of sp³-hybridized carbons (Fsp3) is 0.462. The van der Waals surface area contributed by atoms with E-state index >= 15 is 0 Å². The van der Waals surface area contributed by atoms with Gasteiger partial charge in [0.2, 0.25) is 0 Å². The molecule has 2 aliphatic rings. The van der Waals surface area contributed by atoms with Crippen molar-refractivity contribution in [3.8, 4) is 0 Å². The van der Waals surface area contributed by atoms with Crippen LogP contribution in [0.4, 0.5) is 0 Å². The number of nitrogens with one attached hydrogen (secondary N) is 1. The van der Waals surface area contributed by atoms with E-state index in [0.29, 0.717) is 12.5 Å². The van der Waals surface area contributed by atoms with E-state index in [2.05, 4.69) is 10.3 Å². The molecule has 0 aliphatic carbocycles. The average Bonchev–Trinajstić information content (AvgIpc) is 3.00. The van der Waals surface area contributed by atoms with E-state index in [9.17, 15) is 0 Å². The second kappa shape index (κ2) is 4.67. The van der Waals surface area contributed by atoms with Crippen molar-refractivity contribution in [1.29, 1.82) is 0 Å². The third kappa shape index (κ3) is 2.17. The lowest BCUT2D eigenvalue weighted by Crippen LogP contribution is -2.17. The fourth-order valence-electron chi connectivity index (χ4n) is 2.39. The van der Waals surface area contributed by atoms with Crippen LogP contribution in [0.3, 0.4) is 0 Å². The minimum absolute atomic E-state index is 0.0688. The summed E-state index contributed by atoms with van der Waals surface area (Å²) < 4.78 is 5.71. The zero-order chi connectivity index (χ0) is 11.7. The van der Waals surface area contributed by atoms with Gasteiger partial charge in [-0.15, -0.1) is 0 Å². The number of hydrogen-bond acceptors (Lipinski definition) is 3. The maximum Gasteiger partial charge on any atom is 0.188 e. The summed E-state index contributed by atoms with van der Waals surface area (Å²) in [6.07, 6.45) is 1.12. The molecule has 0 aromatic heterocycles. The molecule has 0 bridgehead atoms. The van der Waals surface area contributed by atoms with E-state index in [1.807, 2.05) is 24.3 Å². The Balaban J connectivity index is 1.80. The smallest absolute Gasteiger partial charge is 0.188 e. The molecule has 1 saturated heterocycles. The van der Waals surface area contributed by atoms with Gasteiger partial charge in [-0.1, -0.05) is 29.8 Å². The summed E-state index contributed by atoms with van der Waals surface area (Å²) in [5.41, 5.74) is 1.06. The van der Waals surface area contributed by atoms with Crippen molar-refractivity contribution in [2.75, 3.05) is 19.7 Å². The van der Waals surface area contributed by atoms with Crippen LogP contribution >= 0.6 is 11.6 Å². The van der Waals surface area contributed by atoms with Crippen LogP contribution in [0.5, 0.6) is 0 Å². The van der Waals surface area contributed by atoms with Crippen LogP contribution in [-0.2, 0) is 4.74 Å². The first-order valence-electron chi connectivity index (χ1n) is 6.00. The summed E-state index contributed by atoms with van der Waals surface area (Å²) in [5.74, 6) is 1.35. The zero-order valence-corrected chi connectivity index (χ0v) is 10.3. The highest BCUT2D eigenvalue weighted by Gasteiger charge is 2.29. The number of halogens is 1. The molecule has 2 atom stereocenters. The Hall–Kier alpha value is -1.06. The molecule has 1 aromatic rings. The molecule has 2 aliphatic heterocycles. The SMILES string of the molecule is Clc1ccccc1C1COC(C2CCNC2)=N1. The van der Waals surface area contributed by atoms with Crippen LogP contribution in [0.25, 0.3) is 0 Å².